The molecule has 1 amide bonds. The van der Waals surface area contributed by atoms with E-state index in [2.05, 4.69) is 23.8 Å². The maximum Gasteiger partial charge on any atom is 0.306 e. The van der Waals surface area contributed by atoms with E-state index in [1.807, 2.05) is 4.90 Å². The fraction of sp³-hybridized carbons (Fsp3) is 0.891. The first kappa shape index (κ1) is 49.1. The third-order valence-electron chi connectivity index (χ3n) is 10.8. The van der Waals surface area contributed by atoms with Crippen LogP contribution in [0.2, 0.25) is 0 Å². The fourth-order valence-electron chi connectivity index (χ4n) is 7.26. The van der Waals surface area contributed by atoms with Crippen molar-refractivity contribution in [3.63, 3.8) is 0 Å². The van der Waals surface area contributed by atoms with Gasteiger partial charge in [-0.05, 0) is 19.3 Å². The van der Waals surface area contributed by atoms with Gasteiger partial charge in [0.1, 0.15) is 13.2 Å². The van der Waals surface area contributed by atoms with Gasteiger partial charge >= 0.3 is 5.97 Å². The van der Waals surface area contributed by atoms with Gasteiger partial charge in [0, 0.05) is 25.0 Å². The van der Waals surface area contributed by atoms with Crippen LogP contribution < -0.4 is 0 Å². The van der Waals surface area contributed by atoms with Crippen LogP contribution in [0.15, 0.2) is 12.5 Å². The lowest BCUT2D eigenvalue weighted by molar-refractivity contribution is -0.146. The minimum atomic E-state index is -0.261. The molecule has 1 heterocycles. The molecule has 0 saturated carbocycles. The zero-order chi connectivity index (χ0) is 38.1. The number of aromatic amines is 1. The third kappa shape index (κ3) is 34.3. The summed E-state index contributed by atoms with van der Waals surface area (Å²) in [5.74, 6) is -0.194. The summed E-state index contributed by atoms with van der Waals surface area (Å²) in [5, 5.41) is 0. The Morgan fingerprint density at radius 2 is 0.925 bits per heavy atom. The maximum atomic E-state index is 13.1. The average molecular weight is 746 g/mol. The number of ether oxygens (including phenoxy) is 2. The number of nitrogens with one attached hydrogen (secondary N) is 1. The lowest BCUT2D eigenvalue weighted by Crippen LogP contribution is -2.36. The monoisotopic (exact) mass is 746 g/mol. The SMILES string of the molecule is CCCCCCCCCCCCCCCCCCN(CCCCCCCCCCCCCCCCCC)C(=O)COCCOC(=O)CCc1cnc[nH]1. The minimum absolute atomic E-state index is 0.0589. The number of nitrogens with zero attached hydrogens (tertiary/aromatic N) is 2. The summed E-state index contributed by atoms with van der Waals surface area (Å²) in [6.07, 6.45) is 47.5. The number of hydrogen-bond acceptors (Lipinski definition) is 5. The number of unbranched alkanes of at least 4 members (excludes halogenated alkanes) is 30. The third-order valence-corrected chi connectivity index (χ3v) is 10.8. The van der Waals surface area contributed by atoms with E-state index >= 15 is 0 Å². The second-order valence-electron chi connectivity index (χ2n) is 15.8. The summed E-state index contributed by atoms with van der Waals surface area (Å²) in [4.78, 5) is 34.1. The van der Waals surface area contributed by atoms with Gasteiger partial charge in [-0.3, -0.25) is 9.59 Å². The minimum Gasteiger partial charge on any atom is -0.463 e. The van der Waals surface area contributed by atoms with E-state index in [4.69, 9.17) is 9.47 Å². The molecule has 0 spiro atoms. The Bertz CT molecular complexity index is 857. The van der Waals surface area contributed by atoms with Crippen molar-refractivity contribution in [2.45, 2.75) is 232 Å². The molecule has 0 bridgehead atoms. The van der Waals surface area contributed by atoms with E-state index < -0.39 is 0 Å². The van der Waals surface area contributed by atoms with Crippen molar-refractivity contribution in [1.82, 2.24) is 14.9 Å². The molecular weight excluding hydrogens is 659 g/mol. The lowest BCUT2D eigenvalue weighted by Gasteiger charge is -2.23. The molecule has 0 aliphatic carbocycles. The molecule has 310 valence electrons. The smallest absolute Gasteiger partial charge is 0.306 e. The van der Waals surface area contributed by atoms with Crippen molar-refractivity contribution in [2.75, 3.05) is 32.9 Å². The number of amides is 1. The van der Waals surface area contributed by atoms with Crippen molar-refractivity contribution < 1.29 is 19.1 Å². The molecule has 53 heavy (non-hydrogen) atoms. The lowest BCUT2D eigenvalue weighted by atomic mass is 10.0. The van der Waals surface area contributed by atoms with E-state index in [1.165, 1.54) is 193 Å². The van der Waals surface area contributed by atoms with E-state index in [9.17, 15) is 9.59 Å². The topological polar surface area (TPSA) is 84.5 Å². The van der Waals surface area contributed by atoms with Gasteiger partial charge in [-0.2, -0.15) is 0 Å². The predicted octanol–water partition coefficient (Wildman–Crippen LogP) is 13.3. The van der Waals surface area contributed by atoms with Crippen LogP contribution in [0.5, 0.6) is 0 Å². The maximum absolute atomic E-state index is 13.1. The summed E-state index contributed by atoms with van der Waals surface area (Å²) >= 11 is 0. The molecular formula is C46H87N3O4. The van der Waals surface area contributed by atoms with Crippen molar-refractivity contribution in [3.05, 3.63) is 18.2 Å². The highest BCUT2D eigenvalue weighted by Gasteiger charge is 2.14. The number of carbonyl (C=O) groups excluding carboxylic acids is 2. The number of hydrogen-bond donors (Lipinski definition) is 1. The highest BCUT2D eigenvalue weighted by atomic mass is 16.6. The van der Waals surface area contributed by atoms with Crippen LogP contribution in [0.4, 0.5) is 0 Å². The number of rotatable bonds is 42. The molecule has 0 aliphatic heterocycles. The van der Waals surface area contributed by atoms with Gasteiger partial charge in [-0.1, -0.05) is 206 Å². The van der Waals surface area contributed by atoms with Crippen LogP contribution in [0, 0.1) is 0 Å². The molecule has 0 radical (unpaired) electrons. The molecule has 0 aromatic carbocycles. The standard InChI is InChI=1S/C46H87N3O4/c1-3-5-7-9-11-13-15-17-19-21-23-25-27-29-31-33-37-49(45(50)42-52-39-40-53-46(51)36-35-44-41-47-43-48-44)38-34-32-30-28-26-24-22-20-18-16-14-12-10-8-6-4-2/h41,43H,3-40,42H2,1-2H3,(H,47,48). The van der Waals surface area contributed by atoms with Gasteiger partial charge < -0.3 is 19.4 Å². The molecule has 7 heteroatoms. The van der Waals surface area contributed by atoms with Crippen LogP contribution in [-0.2, 0) is 25.5 Å². The highest BCUT2D eigenvalue weighted by Crippen LogP contribution is 2.16. The van der Waals surface area contributed by atoms with Crippen molar-refractivity contribution >= 4 is 11.9 Å². The summed E-state index contributed by atoms with van der Waals surface area (Å²) in [7, 11) is 0. The molecule has 0 aliphatic rings. The number of carbonyl (C=O) groups is 2. The molecule has 7 nitrogen and oxygen atoms in total. The number of esters is 1. The first-order valence-corrected chi connectivity index (χ1v) is 23.2. The molecule has 0 unspecified atom stereocenters. The zero-order valence-corrected chi connectivity index (χ0v) is 35.3. The number of aromatic nitrogens is 2. The van der Waals surface area contributed by atoms with Gasteiger partial charge in [0.05, 0.1) is 19.4 Å². The molecule has 1 N–H and O–H groups in total. The van der Waals surface area contributed by atoms with E-state index in [0.717, 1.165) is 31.6 Å². The Kier molecular flexibility index (Phi) is 36.9. The zero-order valence-electron chi connectivity index (χ0n) is 35.3. The summed E-state index contributed by atoms with van der Waals surface area (Å²) < 4.78 is 10.9. The van der Waals surface area contributed by atoms with Crippen LogP contribution in [0.25, 0.3) is 0 Å². The summed E-state index contributed by atoms with van der Waals surface area (Å²) in [5.41, 5.74) is 0.914. The Morgan fingerprint density at radius 1 is 0.547 bits per heavy atom. The average Bonchev–Trinajstić information content (AvgIpc) is 3.69. The fourth-order valence-corrected chi connectivity index (χ4v) is 7.26. The van der Waals surface area contributed by atoms with Crippen LogP contribution in [0.3, 0.4) is 0 Å². The molecule has 0 fully saturated rings. The number of H-pyrrole nitrogens is 1. The molecule has 1 aromatic rings. The van der Waals surface area contributed by atoms with Crippen LogP contribution >= 0.6 is 0 Å². The second kappa shape index (κ2) is 39.8. The van der Waals surface area contributed by atoms with Crippen LogP contribution in [0.1, 0.15) is 231 Å². The molecule has 0 saturated heterocycles. The van der Waals surface area contributed by atoms with Crippen molar-refractivity contribution in [2.24, 2.45) is 0 Å². The highest BCUT2D eigenvalue weighted by molar-refractivity contribution is 5.77. The van der Waals surface area contributed by atoms with E-state index in [-0.39, 0.29) is 31.7 Å². The quantitative estimate of drug-likeness (QED) is 0.0532. The van der Waals surface area contributed by atoms with Gasteiger partial charge in [0.15, 0.2) is 0 Å². The largest absolute Gasteiger partial charge is 0.463 e. The number of imidazole rings is 1. The van der Waals surface area contributed by atoms with Gasteiger partial charge in [0.2, 0.25) is 5.91 Å². The number of aryl methyl sites for hydroxylation is 1. The normalized spacial score (nSPS) is 11.4. The summed E-state index contributed by atoms with van der Waals surface area (Å²) in [6.45, 7) is 6.70. The first-order valence-electron chi connectivity index (χ1n) is 23.2. The Balaban J connectivity index is 2.16. The van der Waals surface area contributed by atoms with Gasteiger partial charge in [0.25, 0.3) is 0 Å². The second-order valence-corrected chi connectivity index (χ2v) is 15.8. The Morgan fingerprint density at radius 3 is 1.28 bits per heavy atom. The molecule has 1 rings (SSSR count). The molecule has 0 atom stereocenters. The summed E-state index contributed by atoms with van der Waals surface area (Å²) in [6, 6.07) is 0. The van der Waals surface area contributed by atoms with E-state index in [1.54, 1.807) is 12.5 Å². The van der Waals surface area contributed by atoms with Gasteiger partial charge in [-0.15, -0.1) is 0 Å². The van der Waals surface area contributed by atoms with Gasteiger partial charge in [-0.25, -0.2) is 4.98 Å². The Labute approximate surface area is 328 Å². The van der Waals surface area contributed by atoms with Crippen molar-refractivity contribution in [3.8, 4) is 0 Å². The molecule has 1 aromatic heterocycles. The Hall–Kier alpha value is -1.89. The van der Waals surface area contributed by atoms with Crippen molar-refractivity contribution in [1.29, 1.82) is 0 Å². The van der Waals surface area contributed by atoms with E-state index in [0.29, 0.717) is 12.8 Å². The van der Waals surface area contributed by atoms with Crippen LogP contribution in [-0.4, -0.2) is 59.7 Å². The first-order chi connectivity index (χ1) is 26.2. The predicted molar refractivity (Wildman–Crippen MR) is 224 cm³/mol.